The molecule has 0 spiro atoms. The number of amides is 1. The van der Waals surface area contributed by atoms with Crippen molar-refractivity contribution in [2.24, 2.45) is 0 Å². The first kappa shape index (κ1) is 13.8. The van der Waals surface area contributed by atoms with Gasteiger partial charge in [0.15, 0.2) is 0 Å². The minimum absolute atomic E-state index is 0.437. The number of rotatable bonds is 4. The van der Waals surface area contributed by atoms with Crippen LogP contribution in [0.5, 0.6) is 0 Å². The van der Waals surface area contributed by atoms with Gasteiger partial charge >= 0.3 is 0 Å². The van der Waals surface area contributed by atoms with E-state index in [1.165, 1.54) is 0 Å². The smallest absolute Gasteiger partial charge is 0.209 e. The molecular formula is C14H21N3O2. The van der Waals surface area contributed by atoms with Crippen LogP contribution in [0.15, 0.2) is 12.1 Å². The first-order valence-corrected chi connectivity index (χ1v) is 6.75. The summed E-state index contributed by atoms with van der Waals surface area (Å²) in [4.78, 5) is 19.2. The maximum absolute atomic E-state index is 10.7. The molecule has 0 unspecified atom stereocenters. The van der Waals surface area contributed by atoms with Crippen molar-refractivity contribution in [3.8, 4) is 0 Å². The van der Waals surface area contributed by atoms with Gasteiger partial charge in [-0.2, -0.15) is 0 Å². The number of aryl methyl sites for hydroxylation is 1. The summed E-state index contributed by atoms with van der Waals surface area (Å²) < 4.78 is 0. The van der Waals surface area contributed by atoms with E-state index in [4.69, 9.17) is 0 Å². The van der Waals surface area contributed by atoms with E-state index in [0.29, 0.717) is 6.42 Å². The summed E-state index contributed by atoms with van der Waals surface area (Å²) >= 11 is 0. The van der Waals surface area contributed by atoms with E-state index in [9.17, 15) is 9.90 Å². The molecular weight excluding hydrogens is 242 g/mol. The monoisotopic (exact) mass is 263 g/mol. The molecule has 1 aromatic heterocycles. The molecule has 1 N–H and O–H groups in total. The maximum atomic E-state index is 10.7. The molecule has 2 rings (SSSR count). The van der Waals surface area contributed by atoms with E-state index in [0.717, 1.165) is 49.7 Å². The van der Waals surface area contributed by atoms with E-state index in [1.807, 2.05) is 26.0 Å². The Kier molecular flexibility index (Phi) is 4.37. The van der Waals surface area contributed by atoms with E-state index in [2.05, 4.69) is 9.88 Å². The molecule has 1 amide bonds. The number of aliphatic hydroxyl groups excluding tert-OH is 1. The van der Waals surface area contributed by atoms with Crippen molar-refractivity contribution in [2.75, 3.05) is 31.1 Å². The number of nitrogens with zero attached hydrogens (tertiary/aromatic N) is 3. The Morgan fingerprint density at radius 3 is 2.58 bits per heavy atom. The molecule has 1 aliphatic heterocycles. The number of hydrogen-bond donors (Lipinski definition) is 1. The van der Waals surface area contributed by atoms with Gasteiger partial charge in [0.2, 0.25) is 6.41 Å². The van der Waals surface area contributed by atoms with Gasteiger partial charge in [0.25, 0.3) is 0 Å². The van der Waals surface area contributed by atoms with Crippen molar-refractivity contribution in [1.82, 2.24) is 9.88 Å². The average Bonchev–Trinajstić information content (AvgIpc) is 2.46. The Bertz CT molecular complexity index is 442. The summed E-state index contributed by atoms with van der Waals surface area (Å²) in [5.41, 5.74) is 1.78. The Balaban J connectivity index is 2.10. The van der Waals surface area contributed by atoms with E-state index in [-0.39, 0.29) is 0 Å². The van der Waals surface area contributed by atoms with Crippen molar-refractivity contribution in [1.29, 1.82) is 0 Å². The molecule has 1 aliphatic rings. The molecule has 0 radical (unpaired) electrons. The SMILES string of the molecule is CC[C@@H](O)c1ccc(N2CCN(C=O)CC2)nc1C. The molecule has 0 saturated carbocycles. The average molecular weight is 263 g/mol. The Morgan fingerprint density at radius 1 is 1.37 bits per heavy atom. The van der Waals surface area contributed by atoms with E-state index in [1.54, 1.807) is 4.90 Å². The fourth-order valence-electron chi connectivity index (χ4n) is 2.36. The number of piperazine rings is 1. The van der Waals surface area contributed by atoms with Crippen LogP contribution in [-0.2, 0) is 4.79 Å². The molecule has 19 heavy (non-hydrogen) atoms. The van der Waals surface area contributed by atoms with E-state index < -0.39 is 6.10 Å². The van der Waals surface area contributed by atoms with Gasteiger partial charge in [-0.1, -0.05) is 13.0 Å². The van der Waals surface area contributed by atoms with Gasteiger partial charge in [-0.25, -0.2) is 4.98 Å². The molecule has 1 saturated heterocycles. The predicted molar refractivity (Wildman–Crippen MR) is 74.1 cm³/mol. The molecule has 5 nitrogen and oxygen atoms in total. The van der Waals surface area contributed by atoms with Gasteiger partial charge in [0.05, 0.1) is 6.10 Å². The lowest BCUT2D eigenvalue weighted by Gasteiger charge is -2.33. The number of carbonyl (C=O) groups excluding carboxylic acids is 1. The van der Waals surface area contributed by atoms with Crippen molar-refractivity contribution < 1.29 is 9.90 Å². The van der Waals surface area contributed by atoms with Gasteiger partial charge in [0.1, 0.15) is 5.82 Å². The van der Waals surface area contributed by atoms with Crippen LogP contribution in [0, 0.1) is 6.92 Å². The van der Waals surface area contributed by atoms with Crippen LogP contribution in [0.1, 0.15) is 30.7 Å². The summed E-state index contributed by atoms with van der Waals surface area (Å²) in [6, 6.07) is 3.91. The second-order valence-electron chi connectivity index (χ2n) is 4.90. The normalized spacial score (nSPS) is 17.4. The first-order valence-electron chi connectivity index (χ1n) is 6.75. The number of hydrogen-bond acceptors (Lipinski definition) is 4. The van der Waals surface area contributed by atoms with Crippen LogP contribution in [0.25, 0.3) is 0 Å². The standard InChI is InChI=1S/C14H21N3O2/c1-3-13(19)12-4-5-14(15-11(12)2)17-8-6-16(10-18)7-9-17/h4-5,10,13,19H,3,6-9H2,1-2H3/t13-/m1/s1. The highest BCUT2D eigenvalue weighted by molar-refractivity contribution is 5.49. The van der Waals surface area contributed by atoms with Crippen LogP contribution >= 0.6 is 0 Å². The molecule has 104 valence electrons. The van der Waals surface area contributed by atoms with Gasteiger partial charge in [-0.05, 0) is 19.4 Å². The number of carbonyl (C=O) groups is 1. The van der Waals surface area contributed by atoms with Gasteiger partial charge in [-0.15, -0.1) is 0 Å². The van der Waals surface area contributed by atoms with Crippen LogP contribution in [0.4, 0.5) is 5.82 Å². The second kappa shape index (κ2) is 6.02. The van der Waals surface area contributed by atoms with Crippen LogP contribution in [-0.4, -0.2) is 47.6 Å². The van der Waals surface area contributed by atoms with Gasteiger partial charge in [-0.3, -0.25) is 4.79 Å². The number of pyridine rings is 1. The van der Waals surface area contributed by atoms with Gasteiger partial charge in [0, 0.05) is 37.4 Å². The van der Waals surface area contributed by atoms with Crippen LogP contribution < -0.4 is 4.90 Å². The highest BCUT2D eigenvalue weighted by Crippen LogP contribution is 2.22. The molecule has 1 atom stereocenters. The molecule has 0 aromatic carbocycles. The topological polar surface area (TPSA) is 56.7 Å². The highest BCUT2D eigenvalue weighted by atomic mass is 16.3. The molecule has 1 fully saturated rings. The van der Waals surface area contributed by atoms with E-state index >= 15 is 0 Å². The predicted octanol–water partition coefficient (Wildman–Crippen LogP) is 1.11. The fourth-order valence-corrected chi connectivity index (χ4v) is 2.36. The highest BCUT2D eigenvalue weighted by Gasteiger charge is 2.18. The summed E-state index contributed by atoms with van der Waals surface area (Å²) in [7, 11) is 0. The minimum atomic E-state index is -0.437. The summed E-state index contributed by atoms with van der Waals surface area (Å²) in [6.45, 7) is 6.98. The zero-order valence-corrected chi connectivity index (χ0v) is 11.5. The molecule has 0 bridgehead atoms. The number of aromatic nitrogens is 1. The van der Waals surface area contributed by atoms with Crippen molar-refractivity contribution >= 4 is 12.2 Å². The van der Waals surface area contributed by atoms with Crippen LogP contribution in [0.2, 0.25) is 0 Å². The quantitative estimate of drug-likeness (QED) is 0.827. The van der Waals surface area contributed by atoms with Crippen LogP contribution in [0.3, 0.4) is 0 Å². The van der Waals surface area contributed by atoms with Gasteiger partial charge < -0.3 is 14.9 Å². The largest absolute Gasteiger partial charge is 0.388 e. The maximum Gasteiger partial charge on any atom is 0.209 e. The van der Waals surface area contributed by atoms with Crippen molar-refractivity contribution in [3.05, 3.63) is 23.4 Å². The summed E-state index contributed by atoms with van der Waals surface area (Å²) in [5.74, 6) is 0.926. The number of aliphatic hydroxyl groups is 1. The molecule has 2 heterocycles. The minimum Gasteiger partial charge on any atom is -0.388 e. The lowest BCUT2D eigenvalue weighted by atomic mass is 10.1. The first-order chi connectivity index (χ1) is 9.15. The lowest BCUT2D eigenvalue weighted by molar-refractivity contribution is -0.118. The van der Waals surface area contributed by atoms with Crippen molar-refractivity contribution in [2.45, 2.75) is 26.4 Å². The Hall–Kier alpha value is -1.62. The zero-order chi connectivity index (χ0) is 13.8. The summed E-state index contributed by atoms with van der Waals surface area (Å²) in [5, 5.41) is 9.88. The summed E-state index contributed by atoms with van der Waals surface area (Å²) in [6.07, 6.45) is 1.16. The molecule has 0 aliphatic carbocycles. The van der Waals surface area contributed by atoms with Crippen molar-refractivity contribution in [3.63, 3.8) is 0 Å². The third-order valence-electron chi connectivity index (χ3n) is 3.65. The zero-order valence-electron chi connectivity index (χ0n) is 11.5. The third kappa shape index (κ3) is 3.04. The number of anilines is 1. The molecule has 1 aromatic rings. The second-order valence-corrected chi connectivity index (χ2v) is 4.90. The lowest BCUT2D eigenvalue weighted by Crippen LogP contribution is -2.46. The Labute approximate surface area is 113 Å². The Morgan fingerprint density at radius 2 is 2.05 bits per heavy atom. The fraction of sp³-hybridized carbons (Fsp3) is 0.571. The third-order valence-corrected chi connectivity index (χ3v) is 3.65. The molecule has 5 heteroatoms.